The number of rotatable bonds is 16. The number of unbranched alkanes of at least 4 members (excludes halogenated alkanes) is 6. The topological polar surface area (TPSA) is 37.3 Å². The second kappa shape index (κ2) is 18.0. The lowest BCUT2D eigenvalue weighted by Gasteiger charge is -2.02. The first-order valence-corrected chi connectivity index (χ1v) is 9.90. The number of carbonyl (C=O) groups is 1. The van der Waals surface area contributed by atoms with Gasteiger partial charge in [0.2, 0.25) is 0 Å². The van der Waals surface area contributed by atoms with Crippen LogP contribution >= 0.6 is 0 Å². The first-order valence-electron chi connectivity index (χ1n) is 9.90. The Bertz CT molecular complexity index is 377. The molecule has 0 rings (SSSR count). The van der Waals surface area contributed by atoms with E-state index < -0.39 is 5.97 Å². The average molecular weight is 335 g/mol. The van der Waals surface area contributed by atoms with Crippen molar-refractivity contribution < 1.29 is 9.90 Å². The molecule has 0 saturated carbocycles. The van der Waals surface area contributed by atoms with Gasteiger partial charge in [0.1, 0.15) is 0 Å². The van der Waals surface area contributed by atoms with E-state index in [0.29, 0.717) is 6.42 Å². The summed E-state index contributed by atoms with van der Waals surface area (Å²) >= 11 is 0. The quantitative estimate of drug-likeness (QED) is 0.239. The zero-order valence-corrected chi connectivity index (χ0v) is 15.9. The van der Waals surface area contributed by atoms with Crippen molar-refractivity contribution in [2.24, 2.45) is 0 Å². The Balaban J connectivity index is 3.57. The molecule has 24 heavy (non-hydrogen) atoms. The van der Waals surface area contributed by atoms with Crippen molar-refractivity contribution in [3.63, 3.8) is 0 Å². The van der Waals surface area contributed by atoms with Crippen LogP contribution in [-0.2, 0) is 4.79 Å². The lowest BCUT2D eigenvalue weighted by Crippen LogP contribution is -1.93. The van der Waals surface area contributed by atoms with E-state index >= 15 is 0 Å². The Morgan fingerprint density at radius 2 is 1.46 bits per heavy atom. The molecule has 0 aromatic carbocycles. The second-order valence-corrected chi connectivity index (χ2v) is 6.43. The molecule has 0 heterocycles. The summed E-state index contributed by atoms with van der Waals surface area (Å²) < 4.78 is 0. The van der Waals surface area contributed by atoms with Crippen molar-refractivity contribution >= 4 is 5.97 Å². The van der Waals surface area contributed by atoms with E-state index in [1.54, 1.807) is 5.57 Å². The van der Waals surface area contributed by atoms with Crippen LogP contribution in [-0.4, -0.2) is 11.1 Å². The summed E-state index contributed by atoms with van der Waals surface area (Å²) in [6, 6.07) is 0. The number of aliphatic carboxylic acids is 1. The molecule has 138 valence electrons. The monoisotopic (exact) mass is 334 g/mol. The molecule has 0 radical (unpaired) electrons. The molecule has 1 N–H and O–H groups in total. The van der Waals surface area contributed by atoms with Crippen LogP contribution in [0.5, 0.6) is 0 Å². The van der Waals surface area contributed by atoms with E-state index in [1.807, 2.05) is 0 Å². The predicted molar refractivity (Wildman–Crippen MR) is 105 cm³/mol. The average Bonchev–Trinajstić information content (AvgIpc) is 2.57. The van der Waals surface area contributed by atoms with Gasteiger partial charge in [0.15, 0.2) is 0 Å². The van der Waals surface area contributed by atoms with Crippen LogP contribution in [0.25, 0.3) is 0 Å². The highest BCUT2D eigenvalue weighted by molar-refractivity contribution is 5.66. The lowest BCUT2D eigenvalue weighted by molar-refractivity contribution is -0.137. The van der Waals surface area contributed by atoms with Gasteiger partial charge in [-0.05, 0) is 51.4 Å². The van der Waals surface area contributed by atoms with Crippen molar-refractivity contribution in [3.05, 3.63) is 36.0 Å². The maximum atomic E-state index is 10.4. The molecule has 0 amide bonds. The van der Waals surface area contributed by atoms with E-state index in [2.05, 4.69) is 44.2 Å². The number of hydrogen-bond acceptors (Lipinski definition) is 1. The highest BCUT2D eigenvalue weighted by atomic mass is 16.4. The Labute approximate surface area is 149 Å². The summed E-state index contributed by atoms with van der Waals surface area (Å²) in [5.41, 5.74) is 1.60. The van der Waals surface area contributed by atoms with Gasteiger partial charge in [-0.3, -0.25) is 4.79 Å². The fourth-order valence-corrected chi connectivity index (χ4v) is 2.64. The van der Waals surface area contributed by atoms with Crippen molar-refractivity contribution in [2.45, 2.75) is 97.3 Å². The molecule has 0 bridgehead atoms. The fourth-order valence-electron chi connectivity index (χ4n) is 2.64. The van der Waals surface area contributed by atoms with Gasteiger partial charge < -0.3 is 5.11 Å². The van der Waals surface area contributed by atoms with Gasteiger partial charge in [-0.25, -0.2) is 0 Å². The third kappa shape index (κ3) is 17.1. The molecule has 0 spiro atoms. The third-order valence-corrected chi connectivity index (χ3v) is 4.22. The molecule has 0 saturated heterocycles. The number of hydrogen-bond donors (Lipinski definition) is 1. The first-order chi connectivity index (χ1) is 11.7. The molecule has 0 atom stereocenters. The van der Waals surface area contributed by atoms with Crippen LogP contribution in [0.15, 0.2) is 36.0 Å². The summed E-state index contributed by atoms with van der Waals surface area (Å²) in [6.07, 6.45) is 25.5. The van der Waals surface area contributed by atoms with E-state index in [-0.39, 0.29) is 0 Å². The molecule has 0 unspecified atom stereocenters. The van der Waals surface area contributed by atoms with E-state index in [4.69, 9.17) is 5.11 Å². The standard InChI is InChI=1S/C22H38O2/c1-3-5-15-18-21(4-2)19-16-13-11-9-7-6-8-10-12-14-17-20-22(23)24/h6-7,11,13,19H,3-5,8-10,12,14-18,20H2,1-2H3,(H,23,24). The summed E-state index contributed by atoms with van der Waals surface area (Å²) in [4.78, 5) is 10.4. The van der Waals surface area contributed by atoms with Crippen molar-refractivity contribution in [2.75, 3.05) is 0 Å². The Morgan fingerprint density at radius 1 is 0.792 bits per heavy atom. The van der Waals surface area contributed by atoms with Gasteiger partial charge >= 0.3 is 5.97 Å². The highest BCUT2D eigenvalue weighted by Gasteiger charge is 1.95. The zero-order chi connectivity index (χ0) is 17.9. The third-order valence-electron chi connectivity index (χ3n) is 4.22. The Morgan fingerprint density at radius 3 is 2.17 bits per heavy atom. The summed E-state index contributed by atoms with van der Waals surface area (Å²) in [5.74, 6) is -0.677. The SMILES string of the molecule is CCCCCC(=CCC=CCC=CCCCCCCC(=O)O)CC. The molecule has 0 aliphatic rings. The van der Waals surface area contributed by atoms with Gasteiger partial charge in [-0.2, -0.15) is 0 Å². The van der Waals surface area contributed by atoms with Crippen LogP contribution in [0.1, 0.15) is 97.3 Å². The maximum Gasteiger partial charge on any atom is 0.303 e. The maximum absolute atomic E-state index is 10.4. The van der Waals surface area contributed by atoms with E-state index in [9.17, 15) is 4.79 Å². The Hall–Kier alpha value is -1.31. The zero-order valence-electron chi connectivity index (χ0n) is 15.9. The van der Waals surface area contributed by atoms with Crippen LogP contribution in [0.2, 0.25) is 0 Å². The molecular weight excluding hydrogens is 296 g/mol. The minimum absolute atomic E-state index is 0.313. The van der Waals surface area contributed by atoms with Crippen molar-refractivity contribution in [3.8, 4) is 0 Å². The minimum atomic E-state index is -0.677. The van der Waals surface area contributed by atoms with Gasteiger partial charge in [-0.15, -0.1) is 0 Å². The van der Waals surface area contributed by atoms with Crippen LogP contribution in [0.4, 0.5) is 0 Å². The summed E-state index contributed by atoms with van der Waals surface area (Å²) in [7, 11) is 0. The molecule has 0 aliphatic heterocycles. The molecule has 0 aromatic rings. The molecule has 0 fully saturated rings. The van der Waals surface area contributed by atoms with Crippen LogP contribution < -0.4 is 0 Å². The molecule has 0 aliphatic carbocycles. The van der Waals surface area contributed by atoms with E-state index in [0.717, 1.165) is 38.5 Å². The number of allylic oxidation sites excluding steroid dienone is 6. The van der Waals surface area contributed by atoms with E-state index in [1.165, 1.54) is 38.5 Å². The van der Waals surface area contributed by atoms with Crippen LogP contribution in [0, 0.1) is 0 Å². The molecule has 2 heteroatoms. The minimum Gasteiger partial charge on any atom is -0.481 e. The van der Waals surface area contributed by atoms with Crippen molar-refractivity contribution in [1.29, 1.82) is 0 Å². The smallest absolute Gasteiger partial charge is 0.303 e. The number of carboxylic acid groups (broad SMARTS) is 1. The highest BCUT2D eigenvalue weighted by Crippen LogP contribution is 2.13. The summed E-state index contributed by atoms with van der Waals surface area (Å²) in [6.45, 7) is 4.51. The van der Waals surface area contributed by atoms with Gasteiger partial charge in [0, 0.05) is 6.42 Å². The summed E-state index contributed by atoms with van der Waals surface area (Å²) in [5, 5.41) is 8.55. The largest absolute Gasteiger partial charge is 0.481 e. The van der Waals surface area contributed by atoms with Crippen LogP contribution in [0.3, 0.4) is 0 Å². The van der Waals surface area contributed by atoms with Gasteiger partial charge in [-0.1, -0.05) is 75.5 Å². The van der Waals surface area contributed by atoms with Crippen molar-refractivity contribution in [1.82, 2.24) is 0 Å². The predicted octanol–water partition coefficient (Wildman–Crippen LogP) is 7.22. The first kappa shape index (κ1) is 22.7. The second-order valence-electron chi connectivity index (χ2n) is 6.43. The molecular formula is C22H38O2. The molecule has 0 aromatic heterocycles. The molecule has 2 nitrogen and oxygen atoms in total. The lowest BCUT2D eigenvalue weighted by atomic mass is 10.0. The Kier molecular flexibility index (Phi) is 17.1. The number of carboxylic acids is 1. The fraction of sp³-hybridized carbons (Fsp3) is 0.682. The normalized spacial score (nSPS) is 12.5. The van der Waals surface area contributed by atoms with Gasteiger partial charge in [0.05, 0.1) is 0 Å². The van der Waals surface area contributed by atoms with Gasteiger partial charge in [0.25, 0.3) is 0 Å².